The van der Waals surface area contributed by atoms with E-state index in [1.807, 2.05) is 0 Å². The van der Waals surface area contributed by atoms with Gasteiger partial charge in [0.15, 0.2) is 0 Å². The molecule has 1 heterocycles. The standard InChI is InChI=1S/C12H26N2/c1-5-7-8-11(6-2)12-9-13(3)10-14(12)4/h11-12H,5-10H2,1-4H3. The first-order valence-electron chi connectivity index (χ1n) is 6.07. The third-order valence-corrected chi connectivity index (χ3v) is 3.53. The Morgan fingerprint density at radius 2 is 2.00 bits per heavy atom. The van der Waals surface area contributed by atoms with Gasteiger partial charge in [-0.25, -0.2) is 0 Å². The molecule has 0 bridgehead atoms. The average Bonchev–Trinajstić information content (AvgIpc) is 2.47. The van der Waals surface area contributed by atoms with Crippen LogP contribution >= 0.6 is 0 Å². The molecule has 2 atom stereocenters. The lowest BCUT2D eigenvalue weighted by Crippen LogP contribution is -2.34. The molecule has 0 aliphatic carbocycles. The number of hydrogen-bond donors (Lipinski definition) is 0. The maximum Gasteiger partial charge on any atom is 0.0504 e. The smallest absolute Gasteiger partial charge is 0.0504 e. The molecule has 0 spiro atoms. The van der Waals surface area contributed by atoms with E-state index in [2.05, 4.69) is 37.7 Å². The van der Waals surface area contributed by atoms with Gasteiger partial charge in [-0.2, -0.15) is 0 Å². The van der Waals surface area contributed by atoms with Crippen LogP contribution in [0.5, 0.6) is 0 Å². The van der Waals surface area contributed by atoms with Gasteiger partial charge in [0, 0.05) is 12.6 Å². The zero-order valence-electron chi connectivity index (χ0n) is 10.3. The molecule has 84 valence electrons. The molecular weight excluding hydrogens is 172 g/mol. The minimum absolute atomic E-state index is 0.802. The van der Waals surface area contributed by atoms with Crippen LogP contribution in [0.15, 0.2) is 0 Å². The molecule has 2 nitrogen and oxygen atoms in total. The summed E-state index contributed by atoms with van der Waals surface area (Å²) in [4.78, 5) is 4.95. The number of rotatable bonds is 5. The maximum atomic E-state index is 2.52. The van der Waals surface area contributed by atoms with Crippen LogP contribution < -0.4 is 0 Å². The number of nitrogens with zero attached hydrogens (tertiary/aromatic N) is 2. The van der Waals surface area contributed by atoms with Crippen LogP contribution in [0.25, 0.3) is 0 Å². The Morgan fingerprint density at radius 1 is 1.29 bits per heavy atom. The Labute approximate surface area is 89.3 Å². The molecule has 0 saturated carbocycles. The zero-order chi connectivity index (χ0) is 10.6. The average molecular weight is 198 g/mol. The quantitative estimate of drug-likeness (QED) is 0.669. The van der Waals surface area contributed by atoms with Crippen LogP contribution in [0, 0.1) is 5.92 Å². The fraction of sp³-hybridized carbons (Fsp3) is 1.00. The molecule has 0 amide bonds. The highest BCUT2D eigenvalue weighted by atomic mass is 15.4. The van der Waals surface area contributed by atoms with Crippen molar-refractivity contribution in [1.29, 1.82) is 0 Å². The van der Waals surface area contributed by atoms with E-state index in [9.17, 15) is 0 Å². The second-order valence-corrected chi connectivity index (χ2v) is 4.81. The molecule has 2 unspecified atom stereocenters. The minimum Gasteiger partial charge on any atom is -0.292 e. The fourth-order valence-corrected chi connectivity index (χ4v) is 2.65. The zero-order valence-corrected chi connectivity index (χ0v) is 10.3. The fourth-order valence-electron chi connectivity index (χ4n) is 2.65. The van der Waals surface area contributed by atoms with Gasteiger partial charge in [0.1, 0.15) is 0 Å². The molecule has 1 rings (SSSR count). The predicted molar refractivity (Wildman–Crippen MR) is 62.4 cm³/mol. The molecule has 0 radical (unpaired) electrons. The van der Waals surface area contributed by atoms with Crippen molar-refractivity contribution in [2.45, 2.75) is 45.6 Å². The number of likely N-dealkylation sites (N-methyl/N-ethyl adjacent to an activating group) is 2. The van der Waals surface area contributed by atoms with Crippen molar-refractivity contribution in [1.82, 2.24) is 9.80 Å². The summed E-state index contributed by atoms with van der Waals surface area (Å²) >= 11 is 0. The van der Waals surface area contributed by atoms with Crippen molar-refractivity contribution in [3.8, 4) is 0 Å². The van der Waals surface area contributed by atoms with Gasteiger partial charge in [-0.1, -0.05) is 33.1 Å². The summed E-state index contributed by atoms with van der Waals surface area (Å²) in [6, 6.07) is 0.802. The monoisotopic (exact) mass is 198 g/mol. The third kappa shape index (κ3) is 2.96. The van der Waals surface area contributed by atoms with E-state index in [1.165, 1.54) is 32.2 Å². The summed E-state index contributed by atoms with van der Waals surface area (Å²) < 4.78 is 0. The van der Waals surface area contributed by atoms with Gasteiger partial charge < -0.3 is 0 Å². The van der Waals surface area contributed by atoms with E-state index >= 15 is 0 Å². The van der Waals surface area contributed by atoms with E-state index in [1.54, 1.807) is 0 Å². The Hall–Kier alpha value is -0.0800. The maximum absolute atomic E-state index is 2.52. The highest BCUT2D eigenvalue weighted by Crippen LogP contribution is 2.24. The van der Waals surface area contributed by atoms with Crippen molar-refractivity contribution >= 4 is 0 Å². The largest absolute Gasteiger partial charge is 0.292 e. The summed E-state index contributed by atoms with van der Waals surface area (Å²) in [7, 11) is 4.49. The lowest BCUT2D eigenvalue weighted by molar-refractivity contribution is 0.214. The molecule has 0 N–H and O–H groups in total. The van der Waals surface area contributed by atoms with Crippen LogP contribution in [0.3, 0.4) is 0 Å². The van der Waals surface area contributed by atoms with Crippen molar-refractivity contribution in [2.24, 2.45) is 5.92 Å². The van der Waals surface area contributed by atoms with Gasteiger partial charge >= 0.3 is 0 Å². The molecule has 1 aliphatic rings. The van der Waals surface area contributed by atoms with Crippen LogP contribution in [-0.4, -0.2) is 43.2 Å². The van der Waals surface area contributed by atoms with Crippen LogP contribution in [0.4, 0.5) is 0 Å². The van der Waals surface area contributed by atoms with Gasteiger partial charge in [-0.05, 0) is 26.4 Å². The van der Waals surface area contributed by atoms with E-state index in [0.717, 1.165) is 18.6 Å². The Kier molecular flexibility index (Phi) is 4.90. The molecule has 1 aliphatic heterocycles. The van der Waals surface area contributed by atoms with E-state index in [4.69, 9.17) is 0 Å². The summed E-state index contributed by atoms with van der Waals surface area (Å²) in [6.07, 6.45) is 5.48. The summed E-state index contributed by atoms with van der Waals surface area (Å²) in [5.41, 5.74) is 0. The van der Waals surface area contributed by atoms with Gasteiger partial charge in [-0.3, -0.25) is 9.80 Å². The number of hydrogen-bond acceptors (Lipinski definition) is 2. The molecule has 1 fully saturated rings. The minimum atomic E-state index is 0.802. The molecule has 0 aromatic rings. The Bertz CT molecular complexity index is 158. The summed E-state index contributed by atoms with van der Waals surface area (Å²) in [6.45, 7) is 7.04. The molecule has 0 aromatic carbocycles. The third-order valence-electron chi connectivity index (χ3n) is 3.53. The lowest BCUT2D eigenvalue weighted by Gasteiger charge is -2.27. The van der Waals surface area contributed by atoms with Crippen molar-refractivity contribution in [2.75, 3.05) is 27.3 Å². The highest BCUT2D eigenvalue weighted by molar-refractivity contribution is 4.84. The molecule has 1 saturated heterocycles. The molecule has 0 aromatic heterocycles. The second kappa shape index (κ2) is 5.72. The van der Waals surface area contributed by atoms with E-state index in [0.29, 0.717) is 0 Å². The topological polar surface area (TPSA) is 6.48 Å². The molecular formula is C12H26N2. The second-order valence-electron chi connectivity index (χ2n) is 4.81. The van der Waals surface area contributed by atoms with Crippen LogP contribution in [0.1, 0.15) is 39.5 Å². The Morgan fingerprint density at radius 3 is 2.43 bits per heavy atom. The van der Waals surface area contributed by atoms with Gasteiger partial charge in [0.05, 0.1) is 6.67 Å². The molecule has 2 heteroatoms. The highest BCUT2D eigenvalue weighted by Gasteiger charge is 2.30. The van der Waals surface area contributed by atoms with Crippen LogP contribution in [-0.2, 0) is 0 Å². The van der Waals surface area contributed by atoms with E-state index < -0.39 is 0 Å². The van der Waals surface area contributed by atoms with Gasteiger partial charge in [0.25, 0.3) is 0 Å². The van der Waals surface area contributed by atoms with Gasteiger partial charge in [-0.15, -0.1) is 0 Å². The van der Waals surface area contributed by atoms with Crippen molar-refractivity contribution in [3.63, 3.8) is 0 Å². The lowest BCUT2D eigenvalue weighted by atomic mass is 9.91. The Balaban J connectivity index is 2.43. The first kappa shape index (κ1) is 12.0. The van der Waals surface area contributed by atoms with Crippen molar-refractivity contribution < 1.29 is 0 Å². The normalized spacial score (nSPS) is 27.0. The first-order valence-corrected chi connectivity index (χ1v) is 6.07. The summed E-state index contributed by atoms with van der Waals surface area (Å²) in [5.74, 6) is 0.907. The first-order chi connectivity index (χ1) is 6.69. The SMILES string of the molecule is CCCCC(CC)C1CN(C)CN1C. The summed E-state index contributed by atoms with van der Waals surface area (Å²) in [5, 5.41) is 0. The predicted octanol–water partition coefficient (Wildman–Crippen LogP) is 2.41. The van der Waals surface area contributed by atoms with Crippen molar-refractivity contribution in [3.05, 3.63) is 0 Å². The van der Waals surface area contributed by atoms with E-state index in [-0.39, 0.29) is 0 Å². The van der Waals surface area contributed by atoms with Crippen LogP contribution in [0.2, 0.25) is 0 Å². The molecule has 14 heavy (non-hydrogen) atoms. The van der Waals surface area contributed by atoms with Gasteiger partial charge in [0.2, 0.25) is 0 Å². The number of unbranched alkanes of at least 4 members (excludes halogenated alkanes) is 1.